The van der Waals surface area contributed by atoms with Crippen molar-refractivity contribution in [3.63, 3.8) is 0 Å². The smallest absolute Gasteiger partial charge is 0.00743 e. The van der Waals surface area contributed by atoms with Crippen LogP contribution in [0.3, 0.4) is 0 Å². The Morgan fingerprint density at radius 3 is 2.06 bits per heavy atom. The molecule has 0 N–H and O–H groups in total. The quantitative estimate of drug-likeness (QED) is 0.445. The second kappa shape index (κ2) is 9.47. The zero-order chi connectivity index (χ0) is 12.6. The summed E-state index contributed by atoms with van der Waals surface area (Å²) in [4.78, 5) is 2.64. The highest BCUT2D eigenvalue weighted by Crippen LogP contribution is 2.17. The summed E-state index contributed by atoms with van der Waals surface area (Å²) in [7, 11) is 0. The van der Waals surface area contributed by atoms with Gasteiger partial charge >= 0.3 is 0 Å². The number of alkyl halides is 1. The largest absolute Gasteiger partial charge is 0.301 e. The van der Waals surface area contributed by atoms with Gasteiger partial charge in [0.05, 0.1) is 0 Å². The molecule has 0 aromatic carbocycles. The predicted octanol–water partition coefficient (Wildman–Crippen LogP) is 4.55. The van der Waals surface area contributed by atoms with Gasteiger partial charge in [0.2, 0.25) is 0 Å². The van der Waals surface area contributed by atoms with Gasteiger partial charge in [0, 0.05) is 17.9 Å². The van der Waals surface area contributed by atoms with Crippen LogP contribution in [0.2, 0.25) is 0 Å². The molecule has 0 bridgehead atoms. The molecule has 0 aliphatic rings. The molecular weight excluding hydrogens is 262 g/mol. The molecule has 0 spiro atoms. The minimum Gasteiger partial charge on any atom is -0.301 e. The first kappa shape index (κ1) is 16.4. The molecular formula is C14H30BrN. The number of hydrogen-bond donors (Lipinski definition) is 0. The van der Waals surface area contributed by atoms with Crippen LogP contribution in [-0.4, -0.2) is 29.4 Å². The Balaban J connectivity index is 4.09. The van der Waals surface area contributed by atoms with Gasteiger partial charge < -0.3 is 4.90 Å². The summed E-state index contributed by atoms with van der Waals surface area (Å²) in [6.07, 6.45) is 4.03. The number of hydrogen-bond acceptors (Lipinski definition) is 1. The van der Waals surface area contributed by atoms with E-state index in [1.54, 1.807) is 0 Å². The van der Waals surface area contributed by atoms with Crippen molar-refractivity contribution in [1.29, 1.82) is 0 Å². The lowest BCUT2D eigenvalue weighted by molar-refractivity contribution is 0.172. The fourth-order valence-electron chi connectivity index (χ4n) is 1.86. The molecule has 0 fully saturated rings. The van der Waals surface area contributed by atoms with Gasteiger partial charge in [-0.3, -0.25) is 0 Å². The second-order valence-corrected chi connectivity index (χ2v) is 6.10. The summed E-state index contributed by atoms with van der Waals surface area (Å²) in [6.45, 7) is 14.1. The first-order valence-electron chi connectivity index (χ1n) is 6.82. The standard InChI is InChI=1S/C14H30BrN/c1-6-7-8-9-16(13(4)5)11-14(10-15)12(2)3/h12-14H,6-11H2,1-5H3. The van der Waals surface area contributed by atoms with E-state index in [1.807, 2.05) is 0 Å². The van der Waals surface area contributed by atoms with Gasteiger partial charge in [0.1, 0.15) is 0 Å². The minimum atomic E-state index is 0.678. The molecule has 0 aliphatic carbocycles. The minimum absolute atomic E-state index is 0.678. The van der Waals surface area contributed by atoms with Crippen LogP contribution in [0.15, 0.2) is 0 Å². The summed E-state index contributed by atoms with van der Waals surface area (Å²) < 4.78 is 0. The Kier molecular flexibility index (Phi) is 9.73. The van der Waals surface area contributed by atoms with E-state index in [1.165, 1.54) is 32.4 Å². The van der Waals surface area contributed by atoms with E-state index in [0.29, 0.717) is 6.04 Å². The highest BCUT2D eigenvalue weighted by atomic mass is 79.9. The molecule has 0 saturated heterocycles. The van der Waals surface area contributed by atoms with Crippen molar-refractivity contribution in [1.82, 2.24) is 4.90 Å². The first-order chi connectivity index (χ1) is 7.52. The molecule has 0 rings (SSSR count). The topological polar surface area (TPSA) is 3.24 Å². The van der Waals surface area contributed by atoms with Crippen LogP contribution < -0.4 is 0 Å². The van der Waals surface area contributed by atoms with Crippen molar-refractivity contribution in [3.8, 4) is 0 Å². The molecule has 0 amide bonds. The Morgan fingerprint density at radius 1 is 1.06 bits per heavy atom. The molecule has 1 nitrogen and oxygen atoms in total. The van der Waals surface area contributed by atoms with Crippen molar-refractivity contribution in [2.75, 3.05) is 18.4 Å². The molecule has 0 heterocycles. The molecule has 2 heteroatoms. The van der Waals surface area contributed by atoms with Crippen LogP contribution >= 0.6 is 15.9 Å². The fraction of sp³-hybridized carbons (Fsp3) is 1.00. The highest BCUT2D eigenvalue weighted by molar-refractivity contribution is 9.09. The molecule has 98 valence electrons. The van der Waals surface area contributed by atoms with Gasteiger partial charge in [-0.1, -0.05) is 49.5 Å². The molecule has 0 saturated carbocycles. The molecule has 0 aliphatic heterocycles. The van der Waals surface area contributed by atoms with E-state index < -0.39 is 0 Å². The van der Waals surface area contributed by atoms with Crippen LogP contribution in [0.1, 0.15) is 53.9 Å². The zero-order valence-corrected chi connectivity index (χ0v) is 13.4. The van der Waals surface area contributed by atoms with Crippen molar-refractivity contribution in [2.45, 2.75) is 59.9 Å². The number of unbranched alkanes of at least 4 members (excludes halogenated alkanes) is 2. The number of nitrogens with zero attached hydrogens (tertiary/aromatic N) is 1. The Bertz CT molecular complexity index is 157. The van der Waals surface area contributed by atoms with Crippen LogP contribution in [0, 0.1) is 11.8 Å². The summed E-state index contributed by atoms with van der Waals surface area (Å²) in [5, 5.41) is 1.13. The van der Waals surface area contributed by atoms with Gasteiger partial charge in [-0.25, -0.2) is 0 Å². The lowest BCUT2D eigenvalue weighted by atomic mass is 9.97. The number of halogens is 1. The van der Waals surface area contributed by atoms with Crippen molar-refractivity contribution in [3.05, 3.63) is 0 Å². The first-order valence-corrected chi connectivity index (χ1v) is 7.95. The van der Waals surface area contributed by atoms with Crippen LogP contribution in [0.25, 0.3) is 0 Å². The average molecular weight is 292 g/mol. The predicted molar refractivity (Wildman–Crippen MR) is 78.4 cm³/mol. The zero-order valence-electron chi connectivity index (χ0n) is 11.8. The van der Waals surface area contributed by atoms with Gasteiger partial charge in [-0.2, -0.15) is 0 Å². The number of rotatable bonds is 9. The molecule has 16 heavy (non-hydrogen) atoms. The summed E-state index contributed by atoms with van der Waals surface area (Å²) >= 11 is 3.65. The van der Waals surface area contributed by atoms with Gasteiger partial charge in [0.15, 0.2) is 0 Å². The van der Waals surface area contributed by atoms with Gasteiger partial charge in [0.25, 0.3) is 0 Å². The van der Waals surface area contributed by atoms with Crippen LogP contribution in [0.4, 0.5) is 0 Å². The van der Waals surface area contributed by atoms with Crippen LogP contribution in [0.5, 0.6) is 0 Å². The SMILES string of the molecule is CCCCCN(CC(CBr)C(C)C)C(C)C. The maximum Gasteiger partial charge on any atom is 0.00743 e. The van der Waals surface area contributed by atoms with E-state index in [-0.39, 0.29) is 0 Å². The fourth-order valence-corrected chi connectivity index (χ4v) is 2.82. The summed E-state index contributed by atoms with van der Waals surface area (Å²) in [5.41, 5.74) is 0. The average Bonchev–Trinajstić information content (AvgIpc) is 2.22. The third-order valence-corrected chi connectivity index (χ3v) is 4.22. The van der Waals surface area contributed by atoms with Gasteiger partial charge in [-0.15, -0.1) is 0 Å². The van der Waals surface area contributed by atoms with E-state index in [4.69, 9.17) is 0 Å². The van der Waals surface area contributed by atoms with Gasteiger partial charge in [-0.05, 0) is 38.6 Å². The van der Waals surface area contributed by atoms with Crippen molar-refractivity contribution >= 4 is 15.9 Å². The molecule has 0 radical (unpaired) electrons. The normalized spacial score (nSPS) is 14.1. The van der Waals surface area contributed by atoms with E-state index in [9.17, 15) is 0 Å². The highest BCUT2D eigenvalue weighted by Gasteiger charge is 2.18. The maximum atomic E-state index is 3.65. The third-order valence-electron chi connectivity index (χ3n) is 3.39. The molecule has 1 unspecified atom stereocenters. The van der Waals surface area contributed by atoms with Crippen LogP contribution in [-0.2, 0) is 0 Å². The van der Waals surface area contributed by atoms with Crippen molar-refractivity contribution in [2.24, 2.45) is 11.8 Å². The Morgan fingerprint density at radius 2 is 1.69 bits per heavy atom. The maximum absolute atomic E-state index is 3.65. The van der Waals surface area contributed by atoms with Crippen molar-refractivity contribution < 1.29 is 0 Å². The third kappa shape index (κ3) is 6.90. The lowest BCUT2D eigenvalue weighted by Gasteiger charge is -2.31. The lowest BCUT2D eigenvalue weighted by Crippen LogP contribution is -2.38. The summed E-state index contributed by atoms with van der Waals surface area (Å²) in [6, 6.07) is 0.678. The Hall–Kier alpha value is 0.440. The molecule has 0 aromatic heterocycles. The molecule has 0 aromatic rings. The monoisotopic (exact) mass is 291 g/mol. The summed E-state index contributed by atoms with van der Waals surface area (Å²) in [5.74, 6) is 1.55. The Labute approximate surface area is 111 Å². The second-order valence-electron chi connectivity index (χ2n) is 5.45. The van der Waals surface area contributed by atoms with E-state index in [2.05, 4.69) is 55.4 Å². The molecule has 1 atom stereocenters. The van der Waals surface area contributed by atoms with E-state index in [0.717, 1.165) is 17.2 Å². The van der Waals surface area contributed by atoms with E-state index >= 15 is 0 Å².